The summed E-state index contributed by atoms with van der Waals surface area (Å²) in [6.45, 7) is 5.33. The van der Waals surface area contributed by atoms with Crippen LogP contribution in [-0.2, 0) is 21.6 Å². The van der Waals surface area contributed by atoms with Crippen molar-refractivity contribution in [2.24, 2.45) is 11.4 Å². The molecule has 0 aliphatic carbocycles. The Morgan fingerprint density at radius 1 is 1.06 bits per heavy atom. The predicted molar refractivity (Wildman–Crippen MR) is 139 cm³/mol. The molecule has 9 heteroatoms. The molecule has 174 valence electrons. The van der Waals surface area contributed by atoms with Gasteiger partial charge >= 0.3 is 0 Å². The summed E-state index contributed by atoms with van der Waals surface area (Å²) >= 11 is 0. The van der Waals surface area contributed by atoms with E-state index in [1.807, 2.05) is 60.1 Å². The SMILES string of the molecule is C=C(C)C(=O)Nc1ccc(-c2c(-c3ccc(N=S(C)(C)=O)cc3)c3c(N)ncnc3n2C)cc1. The van der Waals surface area contributed by atoms with Crippen LogP contribution < -0.4 is 11.1 Å². The number of carbonyl (C=O) groups excluding carboxylic acids is 1. The summed E-state index contributed by atoms with van der Waals surface area (Å²) in [5.41, 5.74) is 12.4. The molecule has 0 aliphatic heterocycles. The Bertz CT molecular complexity index is 1540. The fourth-order valence-electron chi connectivity index (χ4n) is 3.79. The number of carbonyl (C=O) groups is 1. The molecule has 0 unspecified atom stereocenters. The van der Waals surface area contributed by atoms with Crippen LogP contribution in [0.25, 0.3) is 33.4 Å². The number of fused-ring (bicyclic) bond motifs is 1. The molecule has 2 aromatic carbocycles. The van der Waals surface area contributed by atoms with Crippen molar-refractivity contribution in [2.75, 3.05) is 23.6 Å². The van der Waals surface area contributed by atoms with Gasteiger partial charge in [0.15, 0.2) is 0 Å². The van der Waals surface area contributed by atoms with Crippen molar-refractivity contribution in [2.45, 2.75) is 6.92 Å². The smallest absolute Gasteiger partial charge is 0.250 e. The van der Waals surface area contributed by atoms with Crippen LogP contribution in [0.4, 0.5) is 17.2 Å². The minimum Gasteiger partial charge on any atom is -0.383 e. The first-order valence-electron chi connectivity index (χ1n) is 10.5. The molecule has 4 aromatic rings. The van der Waals surface area contributed by atoms with Gasteiger partial charge in [-0.25, -0.2) is 14.2 Å². The zero-order chi connectivity index (χ0) is 24.6. The highest BCUT2D eigenvalue weighted by molar-refractivity contribution is 7.92. The first-order valence-corrected chi connectivity index (χ1v) is 12.8. The predicted octanol–water partition coefficient (Wildman–Crippen LogP) is 4.76. The average Bonchev–Trinajstić information content (AvgIpc) is 3.07. The van der Waals surface area contributed by atoms with Crippen molar-refractivity contribution in [1.82, 2.24) is 14.5 Å². The number of amides is 1. The van der Waals surface area contributed by atoms with E-state index in [0.29, 0.717) is 28.4 Å². The van der Waals surface area contributed by atoms with E-state index >= 15 is 0 Å². The van der Waals surface area contributed by atoms with Gasteiger partial charge in [0.1, 0.15) is 17.8 Å². The third-order valence-electron chi connectivity index (χ3n) is 5.28. The van der Waals surface area contributed by atoms with Crippen molar-refractivity contribution in [3.05, 3.63) is 67.0 Å². The topological polar surface area (TPSA) is 115 Å². The number of anilines is 2. The molecule has 0 bridgehead atoms. The van der Waals surface area contributed by atoms with E-state index in [0.717, 1.165) is 27.8 Å². The van der Waals surface area contributed by atoms with E-state index in [1.54, 1.807) is 19.4 Å². The second kappa shape index (κ2) is 8.75. The van der Waals surface area contributed by atoms with Gasteiger partial charge in [-0.1, -0.05) is 30.8 Å². The molecule has 8 nitrogen and oxygen atoms in total. The van der Waals surface area contributed by atoms with Gasteiger partial charge in [0.05, 0.1) is 16.8 Å². The third kappa shape index (κ3) is 4.55. The maximum Gasteiger partial charge on any atom is 0.250 e. The summed E-state index contributed by atoms with van der Waals surface area (Å²) in [6.07, 6.45) is 4.65. The Morgan fingerprint density at radius 2 is 1.68 bits per heavy atom. The highest BCUT2D eigenvalue weighted by Gasteiger charge is 2.21. The van der Waals surface area contributed by atoms with E-state index in [2.05, 4.69) is 26.2 Å². The van der Waals surface area contributed by atoms with Crippen LogP contribution in [0.5, 0.6) is 0 Å². The zero-order valence-electron chi connectivity index (χ0n) is 19.5. The average molecular weight is 475 g/mol. The van der Waals surface area contributed by atoms with E-state index in [1.165, 1.54) is 6.33 Å². The lowest BCUT2D eigenvalue weighted by molar-refractivity contribution is -0.112. The maximum absolute atomic E-state index is 12.1. The second-order valence-corrected chi connectivity index (χ2v) is 10.9. The van der Waals surface area contributed by atoms with Crippen LogP contribution in [0.3, 0.4) is 0 Å². The van der Waals surface area contributed by atoms with E-state index in [-0.39, 0.29) is 5.91 Å². The first-order chi connectivity index (χ1) is 16.0. The van der Waals surface area contributed by atoms with Gasteiger partial charge in [-0.2, -0.15) is 4.36 Å². The van der Waals surface area contributed by atoms with Crippen LogP contribution in [0.2, 0.25) is 0 Å². The van der Waals surface area contributed by atoms with Gasteiger partial charge < -0.3 is 15.6 Å². The zero-order valence-corrected chi connectivity index (χ0v) is 20.3. The molecule has 0 saturated heterocycles. The van der Waals surface area contributed by atoms with Crippen molar-refractivity contribution in [3.8, 4) is 22.4 Å². The number of hydrogen-bond acceptors (Lipinski definition) is 6. The van der Waals surface area contributed by atoms with Crippen molar-refractivity contribution < 1.29 is 9.00 Å². The lowest BCUT2D eigenvalue weighted by atomic mass is 9.98. The van der Waals surface area contributed by atoms with Crippen LogP contribution in [-0.4, -0.2) is 37.2 Å². The molecular formula is C25H26N6O2S. The number of nitrogens with two attached hydrogens (primary N) is 1. The summed E-state index contributed by atoms with van der Waals surface area (Å²) in [7, 11) is -0.338. The monoisotopic (exact) mass is 474 g/mol. The maximum atomic E-state index is 12.1. The Balaban J connectivity index is 1.88. The number of nitrogens with one attached hydrogen (secondary N) is 1. The molecule has 0 spiro atoms. The number of aromatic nitrogens is 3. The normalized spacial score (nSPS) is 11.4. The Hall–Kier alpha value is -3.98. The minimum absolute atomic E-state index is 0.227. The number of benzene rings is 2. The molecule has 1 amide bonds. The van der Waals surface area contributed by atoms with Crippen LogP contribution in [0.15, 0.2) is 71.4 Å². The molecule has 0 atom stereocenters. The Morgan fingerprint density at radius 3 is 2.26 bits per heavy atom. The quantitative estimate of drug-likeness (QED) is 0.405. The van der Waals surface area contributed by atoms with E-state index < -0.39 is 9.73 Å². The molecule has 3 N–H and O–H groups in total. The van der Waals surface area contributed by atoms with Crippen LogP contribution in [0, 0.1) is 0 Å². The highest BCUT2D eigenvalue weighted by Crippen LogP contribution is 2.42. The summed E-state index contributed by atoms with van der Waals surface area (Å²) in [4.78, 5) is 20.6. The van der Waals surface area contributed by atoms with Crippen LogP contribution >= 0.6 is 0 Å². The van der Waals surface area contributed by atoms with Crippen molar-refractivity contribution in [1.29, 1.82) is 0 Å². The van der Waals surface area contributed by atoms with Gasteiger partial charge in [0, 0.05) is 46.1 Å². The van der Waals surface area contributed by atoms with E-state index in [4.69, 9.17) is 5.73 Å². The number of rotatable bonds is 5. The fourth-order valence-corrected chi connectivity index (χ4v) is 4.42. The largest absolute Gasteiger partial charge is 0.383 e. The number of nitrogens with zero attached hydrogens (tertiary/aromatic N) is 4. The summed E-state index contributed by atoms with van der Waals surface area (Å²) in [6, 6.07) is 15.1. The lowest BCUT2D eigenvalue weighted by Gasteiger charge is -2.11. The molecule has 0 radical (unpaired) electrons. The fraction of sp³-hybridized carbons (Fsp3) is 0.160. The molecule has 4 rings (SSSR count). The second-order valence-electron chi connectivity index (χ2n) is 8.37. The summed E-state index contributed by atoms with van der Waals surface area (Å²) in [5.74, 6) is 0.154. The summed E-state index contributed by atoms with van der Waals surface area (Å²) in [5, 5.41) is 3.57. The molecular weight excluding hydrogens is 448 g/mol. The molecule has 34 heavy (non-hydrogen) atoms. The van der Waals surface area contributed by atoms with Crippen molar-refractivity contribution >= 4 is 43.9 Å². The molecule has 0 saturated carbocycles. The van der Waals surface area contributed by atoms with Gasteiger partial charge in [0.25, 0.3) is 5.91 Å². The van der Waals surface area contributed by atoms with Crippen LogP contribution in [0.1, 0.15) is 6.92 Å². The Labute approximate surface area is 198 Å². The lowest BCUT2D eigenvalue weighted by Crippen LogP contribution is -2.11. The molecule has 2 heterocycles. The van der Waals surface area contributed by atoms with Gasteiger partial charge in [-0.15, -0.1) is 0 Å². The third-order valence-corrected chi connectivity index (χ3v) is 5.93. The van der Waals surface area contributed by atoms with Gasteiger partial charge in [0.2, 0.25) is 0 Å². The first kappa shape index (κ1) is 23.2. The van der Waals surface area contributed by atoms with Crippen molar-refractivity contribution in [3.63, 3.8) is 0 Å². The van der Waals surface area contributed by atoms with Gasteiger partial charge in [-0.3, -0.25) is 4.79 Å². The molecule has 0 aliphatic rings. The molecule has 0 fully saturated rings. The minimum atomic E-state index is -2.27. The number of aryl methyl sites for hydroxylation is 1. The summed E-state index contributed by atoms with van der Waals surface area (Å²) < 4.78 is 18.3. The Kier molecular flexibility index (Phi) is 5.97. The molecule has 2 aromatic heterocycles. The highest BCUT2D eigenvalue weighted by atomic mass is 32.2. The standard InChI is InChI=1S/C25H26N6O2S/c1-15(2)25(32)29-18-10-8-17(9-11-18)22-20(21-23(26)27-14-28-24(21)31(22)3)16-6-12-19(13-7-16)30-34(4,5)33/h6-14H,1H2,2-5H3,(H,29,32)(H2,26,27,28). The number of nitrogen functional groups attached to an aromatic ring is 1. The van der Waals surface area contributed by atoms with E-state index in [9.17, 15) is 9.00 Å². The van der Waals surface area contributed by atoms with Gasteiger partial charge in [-0.05, 0) is 42.3 Å². The number of hydrogen-bond donors (Lipinski definition) is 2.